The van der Waals surface area contributed by atoms with Crippen LogP contribution in [0.4, 0.5) is 0 Å². The standard InChI is InChI=1S/C13H23NOS/c1-3-7-12(13-8-6-11-16-13)14-9-4-5-10-15-2/h6,8,11-12,14H,3-5,7,9-10H2,1-2H3. The summed E-state index contributed by atoms with van der Waals surface area (Å²) in [5.74, 6) is 0. The monoisotopic (exact) mass is 241 g/mol. The van der Waals surface area contributed by atoms with Crippen LogP contribution in [0.1, 0.15) is 43.5 Å². The first-order chi connectivity index (χ1) is 7.88. The van der Waals surface area contributed by atoms with E-state index in [2.05, 4.69) is 29.8 Å². The second-order valence-electron chi connectivity index (χ2n) is 4.01. The van der Waals surface area contributed by atoms with Gasteiger partial charge in [0.25, 0.3) is 0 Å². The van der Waals surface area contributed by atoms with Crippen LogP contribution in [0.5, 0.6) is 0 Å². The fraction of sp³-hybridized carbons (Fsp3) is 0.692. The molecule has 0 spiro atoms. The van der Waals surface area contributed by atoms with Crippen molar-refractivity contribution in [3.8, 4) is 0 Å². The molecule has 2 nitrogen and oxygen atoms in total. The number of hydrogen-bond donors (Lipinski definition) is 1. The summed E-state index contributed by atoms with van der Waals surface area (Å²) < 4.78 is 5.04. The van der Waals surface area contributed by atoms with Crippen molar-refractivity contribution < 1.29 is 4.74 Å². The van der Waals surface area contributed by atoms with Crippen LogP contribution in [0, 0.1) is 0 Å². The Balaban J connectivity index is 2.24. The molecule has 0 amide bonds. The summed E-state index contributed by atoms with van der Waals surface area (Å²) in [7, 11) is 1.76. The summed E-state index contributed by atoms with van der Waals surface area (Å²) in [4.78, 5) is 1.47. The minimum atomic E-state index is 0.549. The molecule has 1 heterocycles. The molecule has 0 saturated heterocycles. The van der Waals surface area contributed by atoms with E-state index in [1.54, 1.807) is 7.11 Å². The van der Waals surface area contributed by atoms with E-state index in [1.165, 1.54) is 24.1 Å². The highest BCUT2D eigenvalue weighted by Gasteiger charge is 2.09. The molecular formula is C13H23NOS. The lowest BCUT2D eigenvalue weighted by molar-refractivity contribution is 0.192. The first-order valence-electron chi connectivity index (χ1n) is 6.14. The van der Waals surface area contributed by atoms with Crippen molar-refractivity contribution >= 4 is 11.3 Å². The number of rotatable bonds is 9. The second kappa shape index (κ2) is 8.74. The molecule has 0 aliphatic carbocycles. The average molecular weight is 241 g/mol. The van der Waals surface area contributed by atoms with Gasteiger partial charge in [-0.3, -0.25) is 0 Å². The minimum Gasteiger partial charge on any atom is -0.385 e. The van der Waals surface area contributed by atoms with Crippen LogP contribution < -0.4 is 5.32 Å². The van der Waals surface area contributed by atoms with E-state index in [4.69, 9.17) is 4.74 Å². The summed E-state index contributed by atoms with van der Waals surface area (Å²) in [6.07, 6.45) is 4.80. The highest BCUT2D eigenvalue weighted by molar-refractivity contribution is 7.10. The normalized spacial score (nSPS) is 12.9. The average Bonchev–Trinajstić information content (AvgIpc) is 2.81. The third-order valence-electron chi connectivity index (χ3n) is 2.63. The predicted molar refractivity (Wildman–Crippen MR) is 71.1 cm³/mol. The highest BCUT2D eigenvalue weighted by Crippen LogP contribution is 2.22. The molecule has 1 aromatic rings. The quantitative estimate of drug-likeness (QED) is 0.667. The lowest BCUT2D eigenvalue weighted by Crippen LogP contribution is -2.21. The molecule has 1 N–H and O–H groups in total. The lowest BCUT2D eigenvalue weighted by Gasteiger charge is -2.16. The number of hydrogen-bond acceptors (Lipinski definition) is 3. The van der Waals surface area contributed by atoms with Gasteiger partial charge in [-0.05, 0) is 37.3 Å². The first-order valence-corrected chi connectivity index (χ1v) is 7.02. The zero-order chi connectivity index (χ0) is 11.6. The van der Waals surface area contributed by atoms with Crippen molar-refractivity contribution in [2.45, 2.75) is 38.6 Å². The summed E-state index contributed by atoms with van der Waals surface area (Å²) >= 11 is 1.85. The van der Waals surface area contributed by atoms with E-state index < -0.39 is 0 Å². The second-order valence-corrected chi connectivity index (χ2v) is 4.99. The molecule has 0 aromatic carbocycles. The van der Waals surface area contributed by atoms with E-state index in [-0.39, 0.29) is 0 Å². The van der Waals surface area contributed by atoms with Gasteiger partial charge in [-0.2, -0.15) is 0 Å². The van der Waals surface area contributed by atoms with Crippen molar-refractivity contribution in [1.82, 2.24) is 5.32 Å². The van der Waals surface area contributed by atoms with E-state index in [1.807, 2.05) is 11.3 Å². The number of methoxy groups -OCH3 is 1. The Morgan fingerprint density at radius 1 is 1.44 bits per heavy atom. The first kappa shape index (κ1) is 13.7. The Hall–Kier alpha value is -0.380. The van der Waals surface area contributed by atoms with E-state index in [0.29, 0.717) is 6.04 Å². The van der Waals surface area contributed by atoms with Crippen LogP contribution in [0.2, 0.25) is 0 Å². The maximum absolute atomic E-state index is 5.04. The van der Waals surface area contributed by atoms with Gasteiger partial charge in [-0.25, -0.2) is 0 Å². The van der Waals surface area contributed by atoms with Gasteiger partial charge in [0.05, 0.1) is 0 Å². The molecular weight excluding hydrogens is 218 g/mol. The molecule has 0 aliphatic heterocycles. The summed E-state index contributed by atoms with van der Waals surface area (Å²) in [5, 5.41) is 5.79. The van der Waals surface area contributed by atoms with Crippen LogP contribution in [0.25, 0.3) is 0 Å². The van der Waals surface area contributed by atoms with Gasteiger partial charge in [0, 0.05) is 24.6 Å². The van der Waals surface area contributed by atoms with Crippen LogP contribution in [0.3, 0.4) is 0 Å². The fourth-order valence-electron chi connectivity index (χ4n) is 1.77. The summed E-state index contributed by atoms with van der Waals surface area (Å²) in [6.45, 7) is 4.21. The Morgan fingerprint density at radius 3 is 2.94 bits per heavy atom. The fourth-order valence-corrected chi connectivity index (χ4v) is 2.61. The molecule has 0 radical (unpaired) electrons. The minimum absolute atomic E-state index is 0.549. The maximum Gasteiger partial charge on any atom is 0.0462 e. The maximum atomic E-state index is 5.04. The predicted octanol–water partition coefficient (Wildman–Crippen LogP) is 3.61. The number of nitrogens with one attached hydrogen (secondary N) is 1. The van der Waals surface area contributed by atoms with Crippen LogP contribution in [-0.4, -0.2) is 20.3 Å². The van der Waals surface area contributed by atoms with Gasteiger partial charge in [-0.1, -0.05) is 19.4 Å². The highest BCUT2D eigenvalue weighted by atomic mass is 32.1. The molecule has 1 atom stereocenters. The van der Waals surface area contributed by atoms with Crippen molar-refractivity contribution in [1.29, 1.82) is 0 Å². The molecule has 0 aliphatic rings. The molecule has 1 unspecified atom stereocenters. The number of unbranched alkanes of at least 4 members (excludes halogenated alkanes) is 1. The van der Waals surface area contributed by atoms with Crippen LogP contribution in [0.15, 0.2) is 17.5 Å². The van der Waals surface area contributed by atoms with Crippen molar-refractivity contribution in [2.24, 2.45) is 0 Å². The molecule has 92 valence electrons. The SMILES string of the molecule is CCCC(NCCCCOC)c1cccs1. The smallest absolute Gasteiger partial charge is 0.0462 e. The van der Waals surface area contributed by atoms with Crippen LogP contribution in [-0.2, 0) is 4.74 Å². The summed E-state index contributed by atoms with van der Waals surface area (Å²) in [6, 6.07) is 4.91. The largest absolute Gasteiger partial charge is 0.385 e. The Bertz CT molecular complexity index is 248. The number of ether oxygens (including phenoxy) is 1. The van der Waals surface area contributed by atoms with Crippen molar-refractivity contribution in [2.75, 3.05) is 20.3 Å². The molecule has 1 rings (SSSR count). The van der Waals surface area contributed by atoms with E-state index in [0.717, 1.165) is 19.6 Å². The molecule has 0 bridgehead atoms. The Morgan fingerprint density at radius 2 is 2.31 bits per heavy atom. The third-order valence-corrected chi connectivity index (χ3v) is 3.62. The zero-order valence-corrected chi connectivity index (χ0v) is 11.2. The molecule has 1 aromatic heterocycles. The van der Waals surface area contributed by atoms with Crippen LogP contribution >= 0.6 is 11.3 Å². The van der Waals surface area contributed by atoms with Gasteiger partial charge in [-0.15, -0.1) is 11.3 Å². The molecule has 3 heteroatoms. The topological polar surface area (TPSA) is 21.3 Å². The van der Waals surface area contributed by atoms with E-state index >= 15 is 0 Å². The summed E-state index contributed by atoms with van der Waals surface area (Å²) in [5.41, 5.74) is 0. The zero-order valence-electron chi connectivity index (χ0n) is 10.4. The van der Waals surface area contributed by atoms with Crippen molar-refractivity contribution in [3.63, 3.8) is 0 Å². The molecule has 0 fully saturated rings. The Labute approximate surface area is 103 Å². The van der Waals surface area contributed by atoms with Gasteiger partial charge >= 0.3 is 0 Å². The third kappa shape index (κ3) is 5.10. The van der Waals surface area contributed by atoms with Gasteiger partial charge in [0.15, 0.2) is 0 Å². The lowest BCUT2D eigenvalue weighted by atomic mass is 10.1. The van der Waals surface area contributed by atoms with Crippen molar-refractivity contribution in [3.05, 3.63) is 22.4 Å². The van der Waals surface area contributed by atoms with Gasteiger partial charge < -0.3 is 10.1 Å². The number of thiophene rings is 1. The van der Waals surface area contributed by atoms with E-state index in [9.17, 15) is 0 Å². The molecule has 0 saturated carbocycles. The molecule has 16 heavy (non-hydrogen) atoms. The van der Waals surface area contributed by atoms with Gasteiger partial charge in [0.2, 0.25) is 0 Å². The van der Waals surface area contributed by atoms with Gasteiger partial charge in [0.1, 0.15) is 0 Å². The Kier molecular flexibility index (Phi) is 7.47.